The molecule has 0 fully saturated rings. The molecule has 8 amide bonds. The fourth-order valence-electron chi connectivity index (χ4n) is 16.0. The van der Waals surface area contributed by atoms with Gasteiger partial charge in [-0.2, -0.15) is 0 Å². The van der Waals surface area contributed by atoms with Crippen LogP contribution in [-0.2, 0) is 148 Å². The molecule has 0 aliphatic carbocycles. The third-order valence-electron chi connectivity index (χ3n) is 22.6. The van der Waals surface area contributed by atoms with Crippen LogP contribution >= 0.6 is 0 Å². The first-order valence-corrected chi connectivity index (χ1v) is 49.0. The Morgan fingerprint density at radius 3 is 0.685 bits per heavy atom. The van der Waals surface area contributed by atoms with Gasteiger partial charge in [0.25, 0.3) is 23.6 Å². The molecule has 0 spiro atoms. The lowest BCUT2D eigenvalue weighted by molar-refractivity contribution is -0.132. The number of pyridine rings is 4. The number of carbonyl (C=O) groups excluding carboxylic acids is 8. The van der Waals surface area contributed by atoms with Crippen molar-refractivity contribution in [2.75, 3.05) is 180 Å². The van der Waals surface area contributed by atoms with Gasteiger partial charge in [0.15, 0.2) is 48.0 Å². The Labute approximate surface area is 855 Å². The van der Waals surface area contributed by atoms with Gasteiger partial charge in [-0.3, -0.25) is 38.4 Å². The fraction of sp³-hybridized carbons (Fsp3) is 0.525. The highest BCUT2D eigenvalue weighted by atomic mass is 19.1. The number of aliphatic hydroxyl groups is 4. The van der Waals surface area contributed by atoms with Crippen molar-refractivity contribution in [3.63, 3.8) is 0 Å². The molecule has 0 radical (unpaired) electrons. The number of anilines is 4. The fourth-order valence-corrected chi connectivity index (χ4v) is 16.0. The van der Waals surface area contributed by atoms with Crippen LogP contribution in [0.2, 0.25) is 0 Å². The number of ether oxygens (including phenoxy) is 12. The zero-order valence-electron chi connectivity index (χ0n) is 85.5. The third-order valence-corrected chi connectivity index (χ3v) is 22.6. The summed E-state index contributed by atoms with van der Waals surface area (Å²) in [6.45, 7) is 13.0. The highest BCUT2D eigenvalue weighted by Gasteiger charge is 2.37. The number of amides is 8. The number of imidazole rings is 4. The molecule has 808 valence electrons. The van der Waals surface area contributed by atoms with Gasteiger partial charge in [-0.1, -0.05) is 72.8 Å². The number of nitrogens with zero attached hydrogens (tertiary/aromatic N) is 12. The van der Waals surface area contributed by atoms with Crippen LogP contribution in [-0.4, -0.2) is 331 Å². The largest absolute Gasteiger partial charge is 0.389 e. The van der Waals surface area contributed by atoms with E-state index in [-0.39, 0.29) is 177 Å². The standard InChI is InChI=1S/C101H132F4N20O24/c1-13-138-45-73-114-81-85(122(73)53-97(5,6)134)61-25-17-21-29-69(61)110-89(81)118-93(130)65(102)41-106-77(126)49-142-33-37-146-57-101(58-147-38-34-143-50-78(127)107-42-66(103)94(131)119-90-82-86(62-26-18-22-30-70(62)111-90)123(54-98(7,8)135)74(115-82)46-139-14-2,59-148-39-35-144-51-79(128)108-43-67(104)95(132)120-91-83-87(63-27-19-23-31-71(63)112-91)124(55-99(9,10)136)75(116-83)47-140-15-3)60-149-40-36-145-52-80(129)109-44-68(105)96(133)121-92-84-88(64-28-20-24-32-72(64)113-92)125(56-100(11,12)137)76(117-84)48-141-16-4/h17-32,65-68,134-137H,13-16,33-60H2,1-12H3,(H,106,126)(H,107,127)(H,108,128)(H,109,129)(H,110,118,130)(H,111,119,131)(H,112,120,132)(H,113,121,133)/t65-,66-,67-,68-/m1/s1. The van der Waals surface area contributed by atoms with Crippen LogP contribution in [0, 0.1) is 5.41 Å². The Morgan fingerprint density at radius 2 is 0.490 bits per heavy atom. The van der Waals surface area contributed by atoms with Gasteiger partial charge in [-0.15, -0.1) is 0 Å². The number of fused-ring (bicyclic) bond motifs is 12. The average molecular weight is 2090 g/mol. The van der Waals surface area contributed by atoms with Crippen molar-refractivity contribution in [1.29, 1.82) is 0 Å². The molecule has 0 unspecified atom stereocenters. The predicted octanol–water partition coefficient (Wildman–Crippen LogP) is 7.30. The van der Waals surface area contributed by atoms with Gasteiger partial charge in [0, 0.05) is 48.0 Å². The predicted molar refractivity (Wildman–Crippen MR) is 542 cm³/mol. The zero-order chi connectivity index (χ0) is 107. The van der Waals surface area contributed by atoms with Crippen molar-refractivity contribution < 1.29 is 133 Å². The van der Waals surface area contributed by atoms with Crippen LogP contribution in [0.25, 0.3) is 87.7 Å². The van der Waals surface area contributed by atoms with Crippen LogP contribution in [0.15, 0.2) is 97.1 Å². The molecule has 0 aliphatic heterocycles. The number of aromatic nitrogens is 12. The van der Waals surface area contributed by atoms with Crippen LogP contribution < -0.4 is 42.5 Å². The molecule has 4 atom stereocenters. The lowest BCUT2D eigenvalue weighted by Crippen LogP contribution is -2.43. The van der Waals surface area contributed by atoms with Gasteiger partial charge in [0.05, 0.1) is 204 Å². The second-order valence-corrected chi connectivity index (χ2v) is 37.9. The highest BCUT2D eigenvalue weighted by Crippen LogP contribution is 2.38. The Balaban J connectivity index is 0.691. The average Bonchev–Trinajstić information content (AvgIpc) is 1.61. The molecule has 8 heterocycles. The molecular formula is C101H132F4N20O24. The van der Waals surface area contributed by atoms with Gasteiger partial charge in [-0.05, 0) is 107 Å². The minimum Gasteiger partial charge on any atom is -0.389 e. The summed E-state index contributed by atoms with van der Waals surface area (Å²) in [7, 11) is 0. The second-order valence-electron chi connectivity index (χ2n) is 37.9. The molecule has 0 saturated carbocycles. The molecule has 48 heteroatoms. The molecule has 149 heavy (non-hydrogen) atoms. The number of rotatable bonds is 64. The van der Waals surface area contributed by atoms with Crippen molar-refractivity contribution in [3.05, 3.63) is 120 Å². The van der Waals surface area contributed by atoms with Crippen LogP contribution in [0.1, 0.15) is 106 Å². The summed E-state index contributed by atoms with van der Waals surface area (Å²) < 4.78 is 141. The van der Waals surface area contributed by atoms with Crippen molar-refractivity contribution in [1.82, 2.24) is 79.4 Å². The number of halogens is 4. The minimum atomic E-state index is -2.31. The summed E-state index contributed by atoms with van der Waals surface area (Å²) in [5.41, 5.74) is -1.73. The topological polar surface area (TPSA) is 547 Å². The normalized spacial score (nSPS) is 13.2. The Bertz CT molecular complexity index is 5840. The first-order valence-electron chi connectivity index (χ1n) is 49.0. The van der Waals surface area contributed by atoms with Gasteiger partial charge >= 0.3 is 0 Å². The highest BCUT2D eigenvalue weighted by molar-refractivity contribution is 6.14. The van der Waals surface area contributed by atoms with Crippen molar-refractivity contribution in [2.45, 2.75) is 183 Å². The van der Waals surface area contributed by atoms with Gasteiger partial charge < -0.3 is 138 Å². The first-order chi connectivity index (χ1) is 71.1. The van der Waals surface area contributed by atoms with Gasteiger partial charge in [0.2, 0.25) is 23.6 Å². The first kappa shape index (κ1) is 115. The molecule has 44 nitrogen and oxygen atoms in total. The number of benzene rings is 4. The van der Waals surface area contributed by atoms with E-state index in [1.165, 1.54) is 0 Å². The van der Waals surface area contributed by atoms with Crippen LogP contribution in [0.4, 0.5) is 40.8 Å². The lowest BCUT2D eigenvalue weighted by atomic mass is 9.92. The number of hydrogen-bond acceptors (Lipinski definition) is 32. The van der Waals surface area contributed by atoms with E-state index < -0.39 is 152 Å². The van der Waals surface area contributed by atoms with Gasteiger partial charge in [0.1, 0.15) is 98.2 Å². The summed E-state index contributed by atoms with van der Waals surface area (Å²) >= 11 is 0. The maximum absolute atomic E-state index is 15.9. The molecule has 0 bridgehead atoms. The van der Waals surface area contributed by atoms with Gasteiger partial charge in [-0.25, -0.2) is 57.4 Å². The van der Waals surface area contributed by atoms with E-state index in [2.05, 4.69) is 62.5 Å². The summed E-state index contributed by atoms with van der Waals surface area (Å²) in [5, 5.41) is 65.9. The molecule has 4 aromatic carbocycles. The van der Waals surface area contributed by atoms with E-state index in [1.54, 1.807) is 198 Å². The van der Waals surface area contributed by atoms with E-state index in [1.807, 2.05) is 0 Å². The maximum atomic E-state index is 15.9. The summed E-state index contributed by atoms with van der Waals surface area (Å²) in [4.78, 5) is 145. The molecule has 8 aromatic heterocycles. The molecule has 12 rings (SSSR count). The third kappa shape index (κ3) is 32.6. The number of para-hydroxylation sites is 4. The zero-order valence-corrected chi connectivity index (χ0v) is 85.5. The van der Waals surface area contributed by atoms with E-state index in [0.717, 1.165) is 0 Å². The smallest absolute Gasteiger partial charge is 0.261 e. The van der Waals surface area contributed by atoms with Crippen molar-refractivity contribution >= 4 is 158 Å². The summed E-state index contributed by atoms with van der Waals surface area (Å²) in [6.07, 6.45) is -9.26. The second kappa shape index (κ2) is 53.6. The Morgan fingerprint density at radius 1 is 0.295 bits per heavy atom. The molecule has 0 saturated heterocycles. The minimum absolute atomic E-state index is 0.0408. The Hall–Kier alpha value is -12.8. The maximum Gasteiger partial charge on any atom is 0.261 e. The Kier molecular flexibility index (Phi) is 41.3. The van der Waals surface area contributed by atoms with Crippen LogP contribution in [0.3, 0.4) is 0 Å². The van der Waals surface area contributed by atoms with E-state index >= 15 is 17.6 Å². The number of nitrogens with one attached hydrogen (secondary N) is 8. The summed E-state index contributed by atoms with van der Waals surface area (Å²) in [5.74, 6) is -6.58. The number of alkyl halides is 4. The SMILES string of the molecule is CCOCc1nc2c(NC(=O)[C@H](F)CNC(=O)COCCOCC(COCCOCC(=O)NC[C@@H](F)C(=O)Nc3nc4ccccc4c4c3nc(COCC)n4CC(C)(C)O)(COCCOCC(=O)NC[C@@H](F)C(=O)Nc3nc4ccccc4c4c3nc(COCC)n4CC(C)(C)O)COCCOCC(=O)NC[C@@H](F)C(=O)Nc3nc4ccccc4c4c3nc(COCC)n4CC(C)(C)O)nc3ccccc3c2n1CC(C)(C)O. The van der Waals surface area contributed by atoms with Crippen molar-refractivity contribution in [3.8, 4) is 0 Å². The van der Waals surface area contributed by atoms with Crippen LogP contribution in [0.5, 0.6) is 0 Å². The van der Waals surface area contributed by atoms with E-state index in [9.17, 15) is 58.8 Å². The number of carbonyl (C=O) groups is 8. The monoisotopic (exact) mass is 2080 g/mol. The molecular weight excluding hydrogens is 1950 g/mol. The lowest BCUT2D eigenvalue weighted by Gasteiger charge is -2.33. The molecule has 12 aromatic rings. The quantitative estimate of drug-likeness (QED) is 0.0131. The molecule has 0 aliphatic rings. The number of hydrogen-bond donors (Lipinski definition) is 12. The molecule has 12 N–H and O–H groups in total. The summed E-state index contributed by atoms with van der Waals surface area (Å²) in [6, 6.07) is 28.1. The van der Waals surface area contributed by atoms with Crippen molar-refractivity contribution in [2.24, 2.45) is 5.41 Å². The van der Waals surface area contributed by atoms with E-state index in [4.69, 9.17) is 76.8 Å². The van der Waals surface area contributed by atoms with E-state index in [0.29, 0.717) is 115 Å².